The number of nitrogens with two attached hydrogens (primary N) is 1. The Morgan fingerprint density at radius 2 is 1.70 bits per heavy atom. The van der Waals surface area contributed by atoms with E-state index in [1.807, 2.05) is 30.5 Å². The van der Waals surface area contributed by atoms with E-state index >= 15 is 0 Å². The van der Waals surface area contributed by atoms with E-state index in [0.29, 0.717) is 11.5 Å². The summed E-state index contributed by atoms with van der Waals surface area (Å²) in [6.07, 6.45) is 5.38. The molecule has 0 spiro atoms. The number of hydrogen-bond acceptors (Lipinski definition) is 6. The quantitative estimate of drug-likeness (QED) is 0.516. The van der Waals surface area contributed by atoms with Crippen LogP contribution in [0.15, 0.2) is 73.2 Å². The number of benzene rings is 1. The average molecular weight is 394 g/mol. The summed E-state index contributed by atoms with van der Waals surface area (Å²) in [4.78, 5) is 20.3. The van der Waals surface area contributed by atoms with Crippen LogP contribution in [0.1, 0.15) is 12.8 Å². The van der Waals surface area contributed by atoms with Gasteiger partial charge in [-0.3, -0.25) is 0 Å². The van der Waals surface area contributed by atoms with E-state index in [0.717, 1.165) is 59.5 Å². The van der Waals surface area contributed by atoms with Crippen molar-refractivity contribution in [3.63, 3.8) is 0 Å². The molecule has 0 aliphatic carbocycles. The summed E-state index contributed by atoms with van der Waals surface area (Å²) in [6, 6.07) is 16.3. The molecule has 0 bridgehead atoms. The third-order valence-electron chi connectivity index (χ3n) is 5.56. The summed E-state index contributed by atoms with van der Waals surface area (Å²) >= 11 is 0. The maximum atomic E-state index is 6.18. The van der Waals surface area contributed by atoms with E-state index in [2.05, 4.69) is 45.7 Å². The Morgan fingerprint density at radius 3 is 2.43 bits per heavy atom. The number of fused-ring (bicyclic) bond motifs is 1. The summed E-state index contributed by atoms with van der Waals surface area (Å²) in [6.45, 7) is 6.02. The van der Waals surface area contributed by atoms with E-state index in [1.54, 1.807) is 0 Å². The molecule has 1 aliphatic heterocycles. The molecule has 0 amide bonds. The van der Waals surface area contributed by atoms with Crippen molar-refractivity contribution in [1.82, 2.24) is 19.9 Å². The molecule has 0 unspecified atom stereocenters. The molecule has 148 valence electrons. The van der Waals surface area contributed by atoms with Crippen LogP contribution < -0.4 is 10.6 Å². The van der Waals surface area contributed by atoms with Crippen molar-refractivity contribution in [2.75, 3.05) is 23.7 Å². The van der Waals surface area contributed by atoms with Gasteiger partial charge < -0.3 is 10.6 Å². The predicted octanol–water partition coefficient (Wildman–Crippen LogP) is 4.49. The van der Waals surface area contributed by atoms with Crippen LogP contribution in [-0.4, -0.2) is 33.0 Å². The summed E-state index contributed by atoms with van der Waals surface area (Å²) in [5, 5.41) is 0.769. The molecule has 0 radical (unpaired) electrons. The maximum Gasteiger partial charge on any atom is 0.165 e. The average Bonchev–Trinajstić information content (AvgIpc) is 2.80. The van der Waals surface area contributed by atoms with Gasteiger partial charge >= 0.3 is 0 Å². The van der Waals surface area contributed by atoms with Crippen LogP contribution >= 0.6 is 0 Å². The summed E-state index contributed by atoms with van der Waals surface area (Å²) in [5.74, 6) is 1.42. The highest BCUT2D eigenvalue weighted by Crippen LogP contribution is 2.33. The van der Waals surface area contributed by atoms with Crippen molar-refractivity contribution < 1.29 is 0 Å². The van der Waals surface area contributed by atoms with Gasteiger partial charge in [0.15, 0.2) is 5.65 Å². The molecule has 30 heavy (non-hydrogen) atoms. The molecule has 4 aromatic rings. The highest BCUT2D eigenvalue weighted by Gasteiger charge is 2.16. The van der Waals surface area contributed by atoms with Crippen LogP contribution in [0.3, 0.4) is 0 Å². The smallest absolute Gasteiger partial charge is 0.165 e. The number of anilines is 2. The first kappa shape index (κ1) is 18.2. The lowest BCUT2D eigenvalue weighted by atomic mass is 10.0. The lowest BCUT2D eigenvalue weighted by molar-refractivity contribution is 0.679. The van der Waals surface area contributed by atoms with Crippen molar-refractivity contribution >= 4 is 22.7 Å². The molecule has 6 nitrogen and oxygen atoms in total. The number of piperidine rings is 1. The Bertz CT molecular complexity index is 1210. The first-order valence-corrected chi connectivity index (χ1v) is 10.0. The fourth-order valence-electron chi connectivity index (χ4n) is 3.86. The van der Waals surface area contributed by atoms with Gasteiger partial charge in [0.2, 0.25) is 0 Å². The zero-order chi connectivity index (χ0) is 20.5. The monoisotopic (exact) mass is 394 g/mol. The van der Waals surface area contributed by atoms with Gasteiger partial charge in [-0.1, -0.05) is 42.5 Å². The van der Waals surface area contributed by atoms with Gasteiger partial charge in [-0.05, 0) is 42.2 Å². The zero-order valence-corrected chi connectivity index (χ0v) is 16.6. The van der Waals surface area contributed by atoms with Crippen molar-refractivity contribution in [3.8, 4) is 22.4 Å². The van der Waals surface area contributed by atoms with Gasteiger partial charge in [0.05, 0.1) is 11.1 Å². The maximum absolute atomic E-state index is 6.18. The first-order valence-electron chi connectivity index (χ1n) is 10.0. The minimum absolute atomic E-state index is 0.429. The number of nitrogen functional groups attached to an aromatic ring is 1. The van der Waals surface area contributed by atoms with Crippen molar-refractivity contribution in [2.45, 2.75) is 12.8 Å². The van der Waals surface area contributed by atoms with Crippen LogP contribution in [0.5, 0.6) is 0 Å². The summed E-state index contributed by atoms with van der Waals surface area (Å²) in [5.41, 5.74) is 11.8. The predicted molar refractivity (Wildman–Crippen MR) is 121 cm³/mol. The largest absolute Gasteiger partial charge is 0.383 e. The molecular weight excluding hydrogens is 372 g/mol. The van der Waals surface area contributed by atoms with Gasteiger partial charge in [-0.25, -0.2) is 19.9 Å². The second-order valence-corrected chi connectivity index (χ2v) is 7.52. The molecule has 5 rings (SSSR count). The van der Waals surface area contributed by atoms with Crippen molar-refractivity contribution in [3.05, 3.63) is 73.2 Å². The molecule has 1 fully saturated rings. The number of nitrogens with zero attached hydrogens (tertiary/aromatic N) is 5. The molecule has 0 saturated carbocycles. The minimum atomic E-state index is 0.429. The van der Waals surface area contributed by atoms with Crippen LogP contribution in [0.2, 0.25) is 0 Å². The molecular formula is C24H22N6. The van der Waals surface area contributed by atoms with E-state index < -0.39 is 0 Å². The number of rotatable bonds is 3. The van der Waals surface area contributed by atoms with E-state index in [-0.39, 0.29) is 0 Å². The van der Waals surface area contributed by atoms with Gasteiger partial charge in [-0.15, -0.1) is 0 Å². The Labute approximate surface area is 175 Å². The number of pyridine rings is 2. The highest BCUT2D eigenvalue weighted by molar-refractivity contribution is 6.00. The van der Waals surface area contributed by atoms with Crippen LogP contribution in [0.25, 0.3) is 33.4 Å². The first-order chi connectivity index (χ1) is 14.7. The fraction of sp³-hybridized carbons (Fsp3) is 0.167. The molecule has 4 heterocycles. The highest BCUT2D eigenvalue weighted by atomic mass is 15.2. The Kier molecular flexibility index (Phi) is 4.59. The van der Waals surface area contributed by atoms with Crippen LogP contribution in [0, 0.1) is 0 Å². The van der Waals surface area contributed by atoms with E-state index in [4.69, 9.17) is 15.7 Å². The van der Waals surface area contributed by atoms with Crippen LogP contribution in [0.4, 0.5) is 11.6 Å². The number of aromatic nitrogens is 4. The van der Waals surface area contributed by atoms with E-state index in [9.17, 15) is 0 Å². The lowest BCUT2D eigenvalue weighted by Gasteiger charge is -2.29. The molecule has 1 aromatic carbocycles. The Morgan fingerprint density at radius 1 is 0.900 bits per heavy atom. The second-order valence-electron chi connectivity index (χ2n) is 7.52. The molecule has 2 N–H and O–H groups in total. The molecule has 6 heteroatoms. The SMILES string of the molecule is C=C1CCN(c2ccc(-c3cc(-c4ccccc4)c4c(N)ncnc4n3)cn2)CC1. The third kappa shape index (κ3) is 3.37. The normalized spacial score (nSPS) is 14.3. The zero-order valence-electron chi connectivity index (χ0n) is 16.6. The molecule has 1 aliphatic rings. The fourth-order valence-corrected chi connectivity index (χ4v) is 3.86. The second kappa shape index (κ2) is 7.55. The number of hydrogen-bond donors (Lipinski definition) is 1. The van der Waals surface area contributed by atoms with E-state index in [1.165, 1.54) is 11.9 Å². The Balaban J connectivity index is 1.57. The van der Waals surface area contributed by atoms with Crippen molar-refractivity contribution in [2.24, 2.45) is 0 Å². The Hall–Kier alpha value is -3.80. The summed E-state index contributed by atoms with van der Waals surface area (Å²) in [7, 11) is 0. The van der Waals surface area contributed by atoms with Gasteiger partial charge in [0.25, 0.3) is 0 Å². The van der Waals surface area contributed by atoms with Gasteiger partial charge in [0, 0.05) is 24.8 Å². The molecule has 3 aromatic heterocycles. The standard InChI is InChI=1S/C24H22N6/c1-16-9-11-30(12-10-16)21-8-7-18(14-26-21)20-13-19(17-5-3-2-4-6-17)22-23(25)27-15-28-24(22)29-20/h2-8,13-15H,1,9-12H2,(H2,25,27,28,29). The molecule has 0 atom stereocenters. The van der Waals surface area contributed by atoms with Crippen LogP contribution in [-0.2, 0) is 0 Å². The van der Waals surface area contributed by atoms with Gasteiger partial charge in [-0.2, -0.15) is 0 Å². The minimum Gasteiger partial charge on any atom is -0.383 e. The summed E-state index contributed by atoms with van der Waals surface area (Å²) < 4.78 is 0. The topological polar surface area (TPSA) is 80.8 Å². The molecule has 1 saturated heterocycles. The van der Waals surface area contributed by atoms with Gasteiger partial charge in [0.1, 0.15) is 18.0 Å². The third-order valence-corrected chi connectivity index (χ3v) is 5.56. The van der Waals surface area contributed by atoms with Crippen molar-refractivity contribution in [1.29, 1.82) is 0 Å². The lowest BCUT2D eigenvalue weighted by Crippen LogP contribution is -2.30.